The summed E-state index contributed by atoms with van der Waals surface area (Å²) in [4.78, 5) is 11.2. The van der Waals surface area contributed by atoms with Crippen LogP contribution in [0.4, 0.5) is 0 Å². The van der Waals surface area contributed by atoms with Crippen LogP contribution in [0.3, 0.4) is 0 Å². The monoisotopic (exact) mass is 273 g/mol. The van der Waals surface area contributed by atoms with Crippen molar-refractivity contribution in [2.45, 2.75) is 71.0 Å². The molecule has 0 heterocycles. The number of hydrogen-bond donors (Lipinski definition) is 1. The molecule has 0 fully saturated rings. The maximum Gasteiger partial charge on any atom is 0.219 e. The Labute approximate surface area is 118 Å². The Balaban J connectivity index is 4.05. The first-order chi connectivity index (χ1) is 8.78. The molecule has 0 radical (unpaired) electrons. The summed E-state index contributed by atoms with van der Waals surface area (Å²) in [5.41, 5.74) is -0.283. The second kappa shape index (κ2) is 8.54. The lowest BCUT2D eigenvalue weighted by Crippen LogP contribution is -2.32. The Bertz CT molecular complexity index is 266. The summed E-state index contributed by atoms with van der Waals surface area (Å²) >= 11 is 0. The average Bonchev–Trinajstić information content (AvgIpc) is 2.38. The minimum Gasteiger partial charge on any atom is -0.379 e. The Morgan fingerprint density at radius 1 is 1.21 bits per heavy atom. The van der Waals surface area contributed by atoms with Crippen LogP contribution in [-0.2, 0) is 14.3 Å². The van der Waals surface area contributed by atoms with Crippen molar-refractivity contribution in [2.24, 2.45) is 0 Å². The van der Waals surface area contributed by atoms with Crippen molar-refractivity contribution < 1.29 is 14.3 Å². The van der Waals surface area contributed by atoms with Gasteiger partial charge in [0.2, 0.25) is 5.91 Å². The van der Waals surface area contributed by atoms with Gasteiger partial charge in [-0.3, -0.25) is 4.79 Å². The summed E-state index contributed by atoms with van der Waals surface area (Å²) < 4.78 is 11.4. The molecule has 19 heavy (non-hydrogen) atoms. The predicted octanol–water partition coefficient (Wildman–Crippen LogP) is 2.90. The summed E-state index contributed by atoms with van der Waals surface area (Å²) in [6.07, 6.45) is 4.16. The zero-order valence-corrected chi connectivity index (χ0v) is 13.5. The van der Waals surface area contributed by atoms with Crippen molar-refractivity contribution >= 4 is 5.91 Å². The highest BCUT2D eigenvalue weighted by Gasteiger charge is 2.24. The van der Waals surface area contributed by atoms with Gasteiger partial charge in [0.25, 0.3) is 0 Å². The lowest BCUT2D eigenvalue weighted by atomic mass is 9.95. The van der Waals surface area contributed by atoms with Gasteiger partial charge in [0.05, 0.1) is 17.8 Å². The van der Waals surface area contributed by atoms with E-state index >= 15 is 0 Å². The van der Waals surface area contributed by atoms with Crippen molar-refractivity contribution in [3.8, 4) is 0 Å². The molecule has 1 amide bonds. The van der Waals surface area contributed by atoms with Crippen LogP contribution in [0.5, 0.6) is 0 Å². The molecule has 1 N–H and O–H groups in total. The van der Waals surface area contributed by atoms with E-state index in [4.69, 9.17) is 9.47 Å². The number of methoxy groups -OCH3 is 1. The maximum atomic E-state index is 11.2. The number of hydrogen-bond acceptors (Lipinski definition) is 3. The van der Waals surface area contributed by atoms with Gasteiger partial charge in [0.1, 0.15) is 0 Å². The van der Waals surface area contributed by atoms with Crippen LogP contribution < -0.4 is 5.32 Å². The molecule has 4 nitrogen and oxygen atoms in total. The van der Waals surface area contributed by atoms with Crippen LogP contribution in [0.25, 0.3) is 0 Å². The molecule has 0 saturated carbocycles. The van der Waals surface area contributed by atoms with Gasteiger partial charge in [0.15, 0.2) is 0 Å². The molecule has 0 aliphatic heterocycles. The molecule has 1 atom stereocenters. The van der Waals surface area contributed by atoms with Crippen LogP contribution in [0.15, 0.2) is 0 Å². The zero-order chi connectivity index (χ0) is 14.9. The third-order valence-electron chi connectivity index (χ3n) is 3.84. The number of rotatable bonds is 10. The third-order valence-corrected chi connectivity index (χ3v) is 3.84. The highest BCUT2D eigenvalue weighted by molar-refractivity contribution is 5.75. The minimum absolute atomic E-state index is 0.0963. The second-order valence-electron chi connectivity index (χ2n) is 5.89. The van der Waals surface area contributed by atoms with Crippen molar-refractivity contribution in [3.05, 3.63) is 0 Å². The van der Waals surface area contributed by atoms with E-state index in [0.29, 0.717) is 13.0 Å². The van der Waals surface area contributed by atoms with Crippen molar-refractivity contribution in [1.29, 1.82) is 0 Å². The molecule has 0 spiro atoms. The molecular weight excluding hydrogens is 242 g/mol. The van der Waals surface area contributed by atoms with Gasteiger partial charge in [-0.05, 0) is 46.5 Å². The molecule has 0 aliphatic rings. The molecule has 4 heteroatoms. The molecule has 0 saturated heterocycles. The van der Waals surface area contributed by atoms with Crippen LogP contribution in [0, 0.1) is 0 Å². The summed E-state index contributed by atoms with van der Waals surface area (Å²) in [6, 6.07) is 0. The largest absolute Gasteiger partial charge is 0.379 e. The predicted molar refractivity (Wildman–Crippen MR) is 78.3 cm³/mol. The number of ether oxygens (including phenoxy) is 2. The highest BCUT2D eigenvalue weighted by Crippen LogP contribution is 2.24. The van der Waals surface area contributed by atoms with E-state index in [1.165, 1.54) is 0 Å². The fourth-order valence-corrected chi connectivity index (χ4v) is 1.74. The summed E-state index contributed by atoms with van der Waals surface area (Å²) in [5.74, 6) is 0.0963. The zero-order valence-electron chi connectivity index (χ0n) is 13.5. The van der Waals surface area contributed by atoms with Gasteiger partial charge in [-0.2, -0.15) is 0 Å². The van der Waals surface area contributed by atoms with Crippen LogP contribution in [0.2, 0.25) is 0 Å². The van der Waals surface area contributed by atoms with Gasteiger partial charge in [0, 0.05) is 20.6 Å². The first kappa shape index (κ1) is 18.4. The van der Waals surface area contributed by atoms with Gasteiger partial charge in [-0.1, -0.05) is 6.92 Å². The normalized spacial score (nSPS) is 15.1. The first-order valence-corrected chi connectivity index (χ1v) is 7.18. The Morgan fingerprint density at radius 3 is 2.32 bits per heavy atom. The molecule has 0 aromatic heterocycles. The van der Waals surface area contributed by atoms with Crippen molar-refractivity contribution in [1.82, 2.24) is 5.32 Å². The lowest BCUT2D eigenvalue weighted by molar-refractivity contribution is -0.121. The quantitative estimate of drug-likeness (QED) is 0.666. The average molecular weight is 273 g/mol. The first-order valence-electron chi connectivity index (χ1n) is 7.18. The Morgan fingerprint density at radius 2 is 1.84 bits per heavy atom. The molecule has 0 rings (SSSR count). The minimum atomic E-state index is -0.142. The SMILES string of the molecule is CCC(C)(CCCC(=O)NC)OCCC(C)(C)OC. The Hall–Kier alpha value is -0.610. The van der Waals surface area contributed by atoms with Crippen LogP contribution >= 0.6 is 0 Å². The van der Waals surface area contributed by atoms with E-state index in [9.17, 15) is 4.79 Å². The number of carbonyl (C=O) groups is 1. The van der Waals surface area contributed by atoms with E-state index in [0.717, 1.165) is 25.7 Å². The van der Waals surface area contributed by atoms with E-state index in [1.54, 1.807) is 14.2 Å². The lowest BCUT2D eigenvalue weighted by Gasteiger charge is -2.31. The highest BCUT2D eigenvalue weighted by atomic mass is 16.5. The fourth-order valence-electron chi connectivity index (χ4n) is 1.74. The second-order valence-corrected chi connectivity index (χ2v) is 5.89. The van der Waals surface area contributed by atoms with Gasteiger partial charge < -0.3 is 14.8 Å². The van der Waals surface area contributed by atoms with E-state index in [1.807, 2.05) is 0 Å². The molecule has 0 aromatic rings. The standard InChI is InChI=1S/C15H31NO3/c1-7-15(4,10-8-9-13(17)16-5)19-12-11-14(2,3)18-6/h7-12H2,1-6H3,(H,16,17). The summed E-state index contributed by atoms with van der Waals surface area (Å²) in [6.45, 7) is 9.06. The summed E-state index contributed by atoms with van der Waals surface area (Å²) in [5, 5.41) is 2.64. The molecule has 0 aromatic carbocycles. The van der Waals surface area contributed by atoms with E-state index < -0.39 is 0 Å². The van der Waals surface area contributed by atoms with Crippen LogP contribution in [-0.4, -0.2) is 37.9 Å². The summed E-state index contributed by atoms with van der Waals surface area (Å²) in [7, 11) is 3.40. The number of nitrogens with one attached hydrogen (secondary N) is 1. The van der Waals surface area contributed by atoms with Gasteiger partial charge in [-0.25, -0.2) is 0 Å². The molecule has 1 unspecified atom stereocenters. The van der Waals surface area contributed by atoms with Gasteiger partial charge in [-0.15, -0.1) is 0 Å². The number of amides is 1. The molecule has 114 valence electrons. The molecule has 0 bridgehead atoms. The van der Waals surface area contributed by atoms with Crippen molar-refractivity contribution in [3.63, 3.8) is 0 Å². The Kier molecular flexibility index (Phi) is 8.26. The van der Waals surface area contributed by atoms with Crippen molar-refractivity contribution in [2.75, 3.05) is 20.8 Å². The van der Waals surface area contributed by atoms with E-state index in [2.05, 4.69) is 33.0 Å². The maximum absolute atomic E-state index is 11.2. The number of carbonyl (C=O) groups excluding carboxylic acids is 1. The van der Waals surface area contributed by atoms with Gasteiger partial charge >= 0.3 is 0 Å². The topological polar surface area (TPSA) is 47.6 Å². The molecule has 0 aliphatic carbocycles. The molecular formula is C15H31NO3. The van der Waals surface area contributed by atoms with E-state index in [-0.39, 0.29) is 17.1 Å². The fraction of sp³-hybridized carbons (Fsp3) is 0.933. The third kappa shape index (κ3) is 8.22. The van der Waals surface area contributed by atoms with Crippen LogP contribution in [0.1, 0.15) is 59.8 Å². The smallest absolute Gasteiger partial charge is 0.219 e.